The summed E-state index contributed by atoms with van der Waals surface area (Å²) in [5, 5.41) is 14.5. The third-order valence-corrected chi connectivity index (χ3v) is 6.70. The first-order valence-corrected chi connectivity index (χ1v) is 12.6. The van der Waals surface area contributed by atoms with Crippen LogP contribution in [0.1, 0.15) is 46.8 Å². The summed E-state index contributed by atoms with van der Waals surface area (Å²) < 4.78 is 5.88. The van der Waals surface area contributed by atoms with Gasteiger partial charge in [0.1, 0.15) is 12.4 Å². The Kier molecular flexibility index (Phi) is 8.77. The Morgan fingerprint density at radius 3 is 2.06 bits per heavy atom. The van der Waals surface area contributed by atoms with Crippen molar-refractivity contribution in [1.82, 2.24) is 5.32 Å². The number of aliphatic hydroxyl groups excluding tert-OH is 1. The number of ether oxygens (including phenoxy) is 1. The number of benzene rings is 4. The molecule has 4 aromatic rings. The lowest BCUT2D eigenvalue weighted by Gasteiger charge is -2.27. The van der Waals surface area contributed by atoms with E-state index >= 15 is 0 Å². The van der Waals surface area contributed by atoms with E-state index in [1.165, 1.54) is 16.7 Å². The van der Waals surface area contributed by atoms with E-state index in [-0.39, 0.29) is 12.0 Å². The fourth-order valence-corrected chi connectivity index (χ4v) is 4.46. The van der Waals surface area contributed by atoms with Gasteiger partial charge in [0.15, 0.2) is 0 Å². The van der Waals surface area contributed by atoms with Crippen molar-refractivity contribution in [2.45, 2.75) is 44.9 Å². The maximum atomic E-state index is 10.9. The second-order valence-electron chi connectivity index (χ2n) is 9.49. The zero-order valence-corrected chi connectivity index (χ0v) is 21.1. The highest BCUT2D eigenvalue weighted by atomic mass is 16.5. The molecule has 0 heterocycles. The highest BCUT2D eigenvalue weighted by Gasteiger charge is 2.21. The Morgan fingerprint density at radius 1 is 0.806 bits per heavy atom. The molecular formula is C32H36N2O2. The summed E-state index contributed by atoms with van der Waals surface area (Å²) in [6.45, 7) is 5.18. The van der Waals surface area contributed by atoms with E-state index in [0.29, 0.717) is 24.6 Å². The standard InChI is InChI=1S/C32H36N2O2/c1-23-13-15-27(16-14-23)29(19-25-9-5-3-6-10-25)24(2)34-21-31(35)28-17-18-32(30(33)20-28)36-22-26-11-7-4-8-12-26/h3-18,20,24,29,31,34-35H,19,21-22,33H2,1-2H3. The number of hydrogen-bond acceptors (Lipinski definition) is 4. The first-order valence-electron chi connectivity index (χ1n) is 12.6. The van der Waals surface area contributed by atoms with Crippen LogP contribution in [0.3, 0.4) is 0 Å². The first-order chi connectivity index (χ1) is 17.5. The quantitative estimate of drug-likeness (QED) is 0.224. The fraction of sp³-hybridized carbons (Fsp3) is 0.250. The third kappa shape index (κ3) is 6.97. The summed E-state index contributed by atoms with van der Waals surface area (Å²) in [4.78, 5) is 0. The monoisotopic (exact) mass is 480 g/mol. The Hall–Kier alpha value is -3.60. The van der Waals surface area contributed by atoms with Crippen molar-refractivity contribution in [3.05, 3.63) is 131 Å². The van der Waals surface area contributed by atoms with Crippen molar-refractivity contribution in [2.75, 3.05) is 12.3 Å². The Morgan fingerprint density at radius 2 is 1.42 bits per heavy atom. The predicted molar refractivity (Wildman–Crippen MR) is 148 cm³/mol. The van der Waals surface area contributed by atoms with E-state index in [4.69, 9.17) is 10.5 Å². The molecular weight excluding hydrogens is 444 g/mol. The number of aliphatic hydroxyl groups is 1. The highest BCUT2D eigenvalue weighted by Crippen LogP contribution is 2.28. The lowest BCUT2D eigenvalue weighted by Crippen LogP contribution is -2.36. The fourth-order valence-electron chi connectivity index (χ4n) is 4.46. The van der Waals surface area contributed by atoms with E-state index in [9.17, 15) is 5.11 Å². The molecule has 0 aromatic heterocycles. The summed E-state index contributed by atoms with van der Waals surface area (Å²) in [5.41, 5.74) is 12.5. The van der Waals surface area contributed by atoms with Gasteiger partial charge >= 0.3 is 0 Å². The summed E-state index contributed by atoms with van der Waals surface area (Å²) >= 11 is 0. The van der Waals surface area contributed by atoms with E-state index < -0.39 is 6.10 Å². The highest BCUT2D eigenvalue weighted by molar-refractivity contribution is 5.54. The molecule has 4 N–H and O–H groups in total. The molecule has 4 aromatic carbocycles. The van der Waals surface area contributed by atoms with Gasteiger partial charge in [0.25, 0.3) is 0 Å². The van der Waals surface area contributed by atoms with Crippen molar-refractivity contribution < 1.29 is 9.84 Å². The van der Waals surface area contributed by atoms with Gasteiger partial charge < -0.3 is 20.9 Å². The summed E-state index contributed by atoms with van der Waals surface area (Å²) in [7, 11) is 0. The molecule has 0 fully saturated rings. The summed E-state index contributed by atoms with van der Waals surface area (Å²) in [6.07, 6.45) is 0.252. The van der Waals surface area contributed by atoms with Gasteiger partial charge in [-0.2, -0.15) is 0 Å². The Bertz CT molecular complexity index is 1210. The zero-order chi connectivity index (χ0) is 25.3. The topological polar surface area (TPSA) is 67.5 Å². The van der Waals surface area contributed by atoms with Gasteiger partial charge in [0.2, 0.25) is 0 Å². The van der Waals surface area contributed by atoms with Gasteiger partial charge in [-0.1, -0.05) is 96.6 Å². The molecule has 0 spiro atoms. The van der Waals surface area contributed by atoms with Gasteiger partial charge in [0, 0.05) is 18.5 Å². The van der Waals surface area contributed by atoms with Crippen LogP contribution in [0.2, 0.25) is 0 Å². The normalized spacial score (nSPS) is 13.6. The summed E-state index contributed by atoms with van der Waals surface area (Å²) in [5.74, 6) is 0.900. The lowest BCUT2D eigenvalue weighted by molar-refractivity contribution is 0.168. The molecule has 0 bridgehead atoms. The first kappa shape index (κ1) is 25.5. The molecule has 186 valence electrons. The molecule has 0 aliphatic carbocycles. The second kappa shape index (κ2) is 12.4. The van der Waals surface area contributed by atoms with Crippen LogP contribution in [-0.2, 0) is 13.0 Å². The molecule has 4 nitrogen and oxygen atoms in total. The van der Waals surface area contributed by atoms with Crippen molar-refractivity contribution in [3.8, 4) is 5.75 Å². The van der Waals surface area contributed by atoms with Crippen molar-refractivity contribution in [3.63, 3.8) is 0 Å². The van der Waals surface area contributed by atoms with Gasteiger partial charge in [-0.15, -0.1) is 0 Å². The van der Waals surface area contributed by atoms with Crippen LogP contribution in [0.5, 0.6) is 5.75 Å². The molecule has 0 saturated carbocycles. The van der Waals surface area contributed by atoms with Gasteiger partial charge in [-0.3, -0.25) is 0 Å². The average molecular weight is 481 g/mol. The minimum absolute atomic E-state index is 0.161. The van der Waals surface area contributed by atoms with Crippen LogP contribution in [-0.4, -0.2) is 17.7 Å². The largest absolute Gasteiger partial charge is 0.487 e. The molecule has 0 aliphatic rings. The molecule has 0 amide bonds. The van der Waals surface area contributed by atoms with Gasteiger partial charge in [-0.05, 0) is 54.7 Å². The minimum Gasteiger partial charge on any atom is -0.487 e. The molecule has 4 heteroatoms. The second-order valence-corrected chi connectivity index (χ2v) is 9.49. The van der Waals surface area contributed by atoms with Crippen molar-refractivity contribution in [1.29, 1.82) is 0 Å². The Balaban J connectivity index is 1.39. The lowest BCUT2D eigenvalue weighted by atomic mass is 9.86. The maximum absolute atomic E-state index is 10.9. The number of rotatable bonds is 11. The SMILES string of the molecule is Cc1ccc(C(Cc2ccccc2)C(C)NCC(O)c2ccc(OCc3ccccc3)c(N)c2)cc1. The van der Waals surface area contributed by atoms with E-state index in [0.717, 1.165) is 17.5 Å². The van der Waals surface area contributed by atoms with Crippen molar-refractivity contribution >= 4 is 5.69 Å². The number of nitrogens with one attached hydrogen (secondary N) is 1. The maximum Gasteiger partial charge on any atom is 0.142 e. The molecule has 4 rings (SSSR count). The number of anilines is 1. The summed E-state index contributed by atoms with van der Waals surface area (Å²) in [6, 6.07) is 35.0. The molecule has 36 heavy (non-hydrogen) atoms. The molecule has 0 radical (unpaired) electrons. The van der Waals surface area contributed by atoms with E-state index in [2.05, 4.69) is 67.7 Å². The molecule has 3 atom stereocenters. The molecule has 3 unspecified atom stereocenters. The van der Waals surface area contributed by atoms with Crippen LogP contribution in [0.25, 0.3) is 0 Å². The number of nitrogens with two attached hydrogens (primary N) is 1. The number of aryl methyl sites for hydroxylation is 1. The van der Waals surface area contributed by atoms with Crippen LogP contribution in [0, 0.1) is 6.92 Å². The molecule has 0 aliphatic heterocycles. The van der Waals surface area contributed by atoms with Crippen LogP contribution in [0.15, 0.2) is 103 Å². The molecule has 0 saturated heterocycles. The minimum atomic E-state index is -0.673. The van der Waals surface area contributed by atoms with Gasteiger partial charge in [-0.25, -0.2) is 0 Å². The van der Waals surface area contributed by atoms with Crippen LogP contribution >= 0.6 is 0 Å². The van der Waals surface area contributed by atoms with Crippen LogP contribution in [0.4, 0.5) is 5.69 Å². The number of hydrogen-bond donors (Lipinski definition) is 3. The van der Waals surface area contributed by atoms with Crippen LogP contribution < -0.4 is 15.8 Å². The van der Waals surface area contributed by atoms with Crippen molar-refractivity contribution in [2.24, 2.45) is 0 Å². The predicted octanol–water partition coefficient (Wildman–Crippen LogP) is 6.19. The van der Waals surface area contributed by atoms with Gasteiger partial charge in [0.05, 0.1) is 11.8 Å². The van der Waals surface area contributed by atoms with E-state index in [1.807, 2.05) is 48.5 Å². The zero-order valence-electron chi connectivity index (χ0n) is 21.1. The average Bonchev–Trinajstić information content (AvgIpc) is 2.91. The van der Waals surface area contributed by atoms with E-state index in [1.54, 1.807) is 6.07 Å². The Labute approximate surface area is 214 Å². The number of nitrogen functional groups attached to an aromatic ring is 1. The third-order valence-electron chi connectivity index (χ3n) is 6.70. The smallest absolute Gasteiger partial charge is 0.142 e.